The fourth-order valence-electron chi connectivity index (χ4n) is 2.38. The molecule has 5 nitrogen and oxygen atoms in total. The Morgan fingerprint density at radius 1 is 1.35 bits per heavy atom. The Morgan fingerprint density at radius 2 is 2.19 bits per heavy atom. The summed E-state index contributed by atoms with van der Waals surface area (Å²) < 4.78 is 19.5. The summed E-state index contributed by atoms with van der Waals surface area (Å²) in [5.74, 6) is 0.726. The van der Waals surface area contributed by atoms with Gasteiger partial charge < -0.3 is 14.6 Å². The van der Waals surface area contributed by atoms with Crippen LogP contribution in [-0.2, 0) is 6.54 Å². The van der Waals surface area contributed by atoms with Crippen molar-refractivity contribution in [2.45, 2.75) is 26.8 Å². The van der Waals surface area contributed by atoms with E-state index < -0.39 is 0 Å². The average molecular weight is 391 g/mol. The van der Waals surface area contributed by atoms with Crippen molar-refractivity contribution in [3.8, 4) is 10.8 Å². The molecule has 2 aromatic heterocycles. The van der Waals surface area contributed by atoms with Gasteiger partial charge in [-0.2, -0.15) is 0 Å². The molecule has 2 heterocycles. The van der Waals surface area contributed by atoms with Gasteiger partial charge in [0, 0.05) is 12.2 Å². The second kappa shape index (κ2) is 8.37. The molecule has 0 bridgehead atoms. The van der Waals surface area contributed by atoms with Gasteiger partial charge in [0.2, 0.25) is 5.89 Å². The van der Waals surface area contributed by atoms with E-state index in [9.17, 15) is 4.39 Å². The number of thiocarbonyl (C=S) groups is 1. The average Bonchev–Trinajstić information content (AvgIpc) is 3.29. The van der Waals surface area contributed by atoms with Crippen molar-refractivity contribution >= 4 is 34.4 Å². The normalized spacial score (nSPS) is 10.7. The molecule has 26 heavy (non-hydrogen) atoms. The number of aryl methyl sites for hydroxylation is 1. The molecule has 1 aromatic carbocycles. The van der Waals surface area contributed by atoms with E-state index in [-0.39, 0.29) is 5.82 Å². The quantitative estimate of drug-likeness (QED) is 0.607. The Labute approximate surface area is 160 Å². The summed E-state index contributed by atoms with van der Waals surface area (Å²) in [6.07, 6.45) is 0.899. The number of rotatable bonds is 6. The highest BCUT2D eigenvalue weighted by Gasteiger charge is 2.16. The van der Waals surface area contributed by atoms with Crippen LogP contribution < -0.4 is 5.32 Å². The summed E-state index contributed by atoms with van der Waals surface area (Å²) in [6, 6.07) is 8.83. The summed E-state index contributed by atoms with van der Waals surface area (Å²) >= 11 is 7.03. The Balaban J connectivity index is 1.70. The van der Waals surface area contributed by atoms with Gasteiger partial charge in [0.05, 0.1) is 11.4 Å². The molecule has 8 heteroatoms. The van der Waals surface area contributed by atoms with Crippen LogP contribution in [0.25, 0.3) is 10.8 Å². The van der Waals surface area contributed by atoms with Gasteiger partial charge in [0.15, 0.2) is 5.11 Å². The van der Waals surface area contributed by atoms with E-state index in [4.69, 9.17) is 16.6 Å². The van der Waals surface area contributed by atoms with Gasteiger partial charge in [0.25, 0.3) is 5.89 Å². The van der Waals surface area contributed by atoms with E-state index in [2.05, 4.69) is 22.4 Å². The largest absolute Gasteiger partial charge is 0.418 e. The molecule has 136 valence electrons. The molecular formula is C18H19FN4OS2. The topological polar surface area (TPSA) is 54.2 Å². The molecule has 0 atom stereocenters. The lowest BCUT2D eigenvalue weighted by Gasteiger charge is -2.24. The Hall–Kier alpha value is -2.32. The molecule has 0 aliphatic heterocycles. The van der Waals surface area contributed by atoms with Crippen LogP contribution in [0.15, 0.2) is 40.1 Å². The number of halogens is 1. The van der Waals surface area contributed by atoms with E-state index in [1.807, 2.05) is 22.4 Å². The van der Waals surface area contributed by atoms with Crippen molar-refractivity contribution in [3.63, 3.8) is 0 Å². The number of hydrogen-bond donors (Lipinski definition) is 1. The van der Waals surface area contributed by atoms with Crippen LogP contribution in [0.1, 0.15) is 24.8 Å². The number of thiophene rings is 1. The highest BCUT2D eigenvalue weighted by Crippen LogP contribution is 2.23. The zero-order valence-corrected chi connectivity index (χ0v) is 16.2. The number of hydrogen-bond acceptors (Lipinski definition) is 5. The van der Waals surface area contributed by atoms with Crippen LogP contribution >= 0.6 is 23.6 Å². The third-order valence-electron chi connectivity index (χ3n) is 3.73. The number of nitrogens with one attached hydrogen (secondary N) is 1. The molecule has 3 rings (SSSR count). The number of nitrogens with zero attached hydrogens (tertiary/aromatic N) is 3. The zero-order chi connectivity index (χ0) is 18.5. The van der Waals surface area contributed by atoms with E-state index in [0.717, 1.165) is 17.8 Å². The molecule has 0 saturated carbocycles. The van der Waals surface area contributed by atoms with Crippen molar-refractivity contribution in [1.82, 2.24) is 15.1 Å². The van der Waals surface area contributed by atoms with Gasteiger partial charge in [-0.25, -0.2) is 4.39 Å². The summed E-state index contributed by atoms with van der Waals surface area (Å²) in [7, 11) is 0. The lowest BCUT2D eigenvalue weighted by atomic mass is 10.2. The molecule has 0 radical (unpaired) electrons. The molecule has 0 fully saturated rings. The first-order valence-corrected chi connectivity index (χ1v) is 9.54. The van der Waals surface area contributed by atoms with Crippen molar-refractivity contribution in [3.05, 3.63) is 53.0 Å². The second-order valence-electron chi connectivity index (χ2n) is 5.79. The fourth-order valence-corrected chi connectivity index (χ4v) is 3.29. The predicted octanol–water partition coefficient (Wildman–Crippen LogP) is 4.85. The first-order valence-electron chi connectivity index (χ1n) is 8.25. The van der Waals surface area contributed by atoms with Crippen LogP contribution in [0.5, 0.6) is 0 Å². The third-order valence-corrected chi connectivity index (χ3v) is 4.95. The third kappa shape index (κ3) is 4.44. The maximum Gasteiger partial charge on any atom is 0.257 e. The molecule has 1 N–H and O–H groups in total. The summed E-state index contributed by atoms with van der Waals surface area (Å²) in [6.45, 7) is 4.90. The van der Waals surface area contributed by atoms with E-state index in [1.165, 1.54) is 6.07 Å². The minimum Gasteiger partial charge on any atom is -0.418 e. The minimum atomic E-state index is -0.266. The molecule has 0 spiro atoms. The minimum absolute atomic E-state index is 0.266. The number of anilines is 1. The van der Waals surface area contributed by atoms with Gasteiger partial charge in [-0.1, -0.05) is 19.1 Å². The highest BCUT2D eigenvalue weighted by atomic mass is 32.1. The fraction of sp³-hybridized carbons (Fsp3) is 0.278. The molecule has 0 unspecified atom stereocenters. The van der Waals surface area contributed by atoms with Crippen LogP contribution in [0.4, 0.5) is 10.1 Å². The van der Waals surface area contributed by atoms with Gasteiger partial charge in [-0.3, -0.25) is 0 Å². The lowest BCUT2D eigenvalue weighted by molar-refractivity contribution is 0.359. The number of aromatic nitrogens is 2. The lowest BCUT2D eigenvalue weighted by Crippen LogP contribution is -2.35. The highest BCUT2D eigenvalue weighted by molar-refractivity contribution is 7.80. The first kappa shape index (κ1) is 18.5. The van der Waals surface area contributed by atoms with Crippen LogP contribution in [0, 0.1) is 12.7 Å². The van der Waals surface area contributed by atoms with Crippen LogP contribution in [0.2, 0.25) is 0 Å². The van der Waals surface area contributed by atoms with Crippen LogP contribution in [0.3, 0.4) is 0 Å². The Morgan fingerprint density at radius 3 is 2.88 bits per heavy atom. The first-order chi connectivity index (χ1) is 12.6. The zero-order valence-electron chi connectivity index (χ0n) is 14.5. The molecular weight excluding hydrogens is 371 g/mol. The Kier molecular flexibility index (Phi) is 5.95. The second-order valence-corrected chi connectivity index (χ2v) is 7.13. The maximum absolute atomic E-state index is 13.7. The van der Waals surface area contributed by atoms with E-state index >= 15 is 0 Å². The Bertz CT molecular complexity index is 879. The SMILES string of the molecule is CCCN(Cc1nnc(-c2cccs2)o1)C(=S)Nc1ccc(C)c(F)c1. The van der Waals surface area contributed by atoms with Gasteiger partial charge in [-0.15, -0.1) is 21.5 Å². The molecule has 0 aliphatic carbocycles. The van der Waals surface area contributed by atoms with E-state index in [0.29, 0.717) is 34.7 Å². The van der Waals surface area contributed by atoms with Crippen molar-refractivity contribution in [2.75, 3.05) is 11.9 Å². The maximum atomic E-state index is 13.7. The van der Waals surface area contributed by atoms with Gasteiger partial charge >= 0.3 is 0 Å². The van der Waals surface area contributed by atoms with Crippen molar-refractivity contribution in [1.29, 1.82) is 0 Å². The number of benzene rings is 1. The predicted molar refractivity (Wildman–Crippen MR) is 106 cm³/mol. The standard InChI is InChI=1S/C18H19FN4OS2/c1-3-8-23(18(25)20-13-7-6-12(2)14(19)10-13)11-16-21-22-17(24-16)15-5-4-9-26-15/h4-7,9-10H,3,8,11H2,1-2H3,(H,20,25). The molecule has 0 amide bonds. The van der Waals surface area contributed by atoms with Gasteiger partial charge in [0.1, 0.15) is 5.82 Å². The summed E-state index contributed by atoms with van der Waals surface area (Å²) in [5, 5.41) is 13.7. The molecule has 0 aliphatic rings. The molecule has 0 saturated heterocycles. The van der Waals surface area contributed by atoms with Crippen LogP contribution in [-0.4, -0.2) is 26.8 Å². The summed E-state index contributed by atoms with van der Waals surface area (Å²) in [4.78, 5) is 2.86. The van der Waals surface area contributed by atoms with E-state index in [1.54, 1.807) is 30.4 Å². The van der Waals surface area contributed by atoms with Crippen molar-refractivity contribution < 1.29 is 8.81 Å². The van der Waals surface area contributed by atoms with Crippen molar-refractivity contribution in [2.24, 2.45) is 0 Å². The van der Waals surface area contributed by atoms with Gasteiger partial charge in [-0.05, 0) is 54.7 Å². The molecule has 3 aromatic rings. The monoisotopic (exact) mass is 390 g/mol. The smallest absolute Gasteiger partial charge is 0.257 e. The summed E-state index contributed by atoms with van der Waals surface area (Å²) in [5.41, 5.74) is 1.21.